The number of nitrogens with one attached hydrogen (secondary N) is 1. The van der Waals surface area contributed by atoms with E-state index in [9.17, 15) is 4.79 Å². The third kappa shape index (κ3) is 5.53. The Morgan fingerprint density at radius 2 is 1.90 bits per heavy atom. The van der Waals surface area contributed by atoms with E-state index in [4.69, 9.17) is 4.74 Å². The van der Waals surface area contributed by atoms with Crippen LogP contribution in [0.4, 0.5) is 0 Å². The van der Waals surface area contributed by atoms with Gasteiger partial charge in [0.05, 0.1) is 13.2 Å². The molecule has 1 aliphatic carbocycles. The van der Waals surface area contributed by atoms with Gasteiger partial charge in [0.1, 0.15) is 0 Å². The van der Waals surface area contributed by atoms with Gasteiger partial charge < -0.3 is 19.9 Å². The van der Waals surface area contributed by atoms with Gasteiger partial charge in [-0.3, -0.25) is 9.79 Å². The molecule has 0 aromatic rings. The van der Waals surface area contributed by atoms with Gasteiger partial charge in [-0.1, -0.05) is 0 Å². The van der Waals surface area contributed by atoms with Gasteiger partial charge in [-0.25, -0.2) is 0 Å². The highest BCUT2D eigenvalue weighted by atomic mass is 16.5. The van der Waals surface area contributed by atoms with Crippen LogP contribution in [0.25, 0.3) is 0 Å². The van der Waals surface area contributed by atoms with Gasteiger partial charge in [-0.05, 0) is 25.7 Å². The van der Waals surface area contributed by atoms with E-state index in [0.717, 1.165) is 51.2 Å². The first-order valence-electron chi connectivity index (χ1n) is 8.07. The van der Waals surface area contributed by atoms with Crippen molar-refractivity contribution in [1.82, 2.24) is 15.1 Å². The Morgan fingerprint density at radius 1 is 1.24 bits per heavy atom. The van der Waals surface area contributed by atoms with Crippen molar-refractivity contribution >= 4 is 11.9 Å². The first kappa shape index (κ1) is 16.1. The quantitative estimate of drug-likeness (QED) is 0.442. The minimum Gasteiger partial charge on any atom is -0.379 e. The maximum absolute atomic E-state index is 11.4. The van der Waals surface area contributed by atoms with Crippen molar-refractivity contribution in [3.8, 4) is 0 Å². The Balaban J connectivity index is 1.73. The summed E-state index contributed by atoms with van der Waals surface area (Å²) < 4.78 is 5.62. The molecule has 0 atom stereocenters. The molecular formula is C15H28N4O2. The standard InChI is InChI=1S/C15H28N4O2/c1-3-16-15(17-6-11-21-12-14-4-5-14)19-9-7-18(8-10-19)13(2)20/h14H,3-12H2,1-2H3,(H,16,17). The van der Waals surface area contributed by atoms with Crippen molar-refractivity contribution < 1.29 is 9.53 Å². The summed E-state index contributed by atoms with van der Waals surface area (Å²) in [6.07, 6.45) is 2.65. The SMILES string of the molecule is CCNC(=NCCOCC1CC1)N1CCN(C(C)=O)CC1. The highest BCUT2D eigenvalue weighted by molar-refractivity contribution is 5.80. The number of guanidine groups is 1. The Labute approximate surface area is 127 Å². The third-order valence-electron chi connectivity index (χ3n) is 3.91. The molecule has 6 nitrogen and oxygen atoms in total. The lowest BCUT2D eigenvalue weighted by Gasteiger charge is -2.36. The molecule has 1 saturated carbocycles. The second-order valence-corrected chi connectivity index (χ2v) is 5.75. The smallest absolute Gasteiger partial charge is 0.219 e. The summed E-state index contributed by atoms with van der Waals surface area (Å²) in [6.45, 7) is 10.1. The second-order valence-electron chi connectivity index (χ2n) is 5.75. The highest BCUT2D eigenvalue weighted by Crippen LogP contribution is 2.28. The molecule has 1 saturated heterocycles. The van der Waals surface area contributed by atoms with Crippen LogP contribution in [0.2, 0.25) is 0 Å². The zero-order valence-electron chi connectivity index (χ0n) is 13.3. The second kappa shape index (κ2) is 8.22. The Hall–Kier alpha value is -1.30. The first-order valence-corrected chi connectivity index (χ1v) is 8.07. The number of piperazine rings is 1. The number of ether oxygens (including phenoxy) is 1. The van der Waals surface area contributed by atoms with Gasteiger partial charge in [-0.15, -0.1) is 0 Å². The molecule has 1 heterocycles. The molecule has 6 heteroatoms. The lowest BCUT2D eigenvalue weighted by Crippen LogP contribution is -2.53. The Kier molecular flexibility index (Phi) is 6.29. The minimum atomic E-state index is 0.157. The van der Waals surface area contributed by atoms with Crippen molar-refractivity contribution in [2.75, 3.05) is 52.5 Å². The van der Waals surface area contributed by atoms with Crippen LogP contribution >= 0.6 is 0 Å². The highest BCUT2D eigenvalue weighted by Gasteiger charge is 2.22. The zero-order valence-corrected chi connectivity index (χ0v) is 13.3. The zero-order chi connectivity index (χ0) is 15.1. The number of nitrogens with zero attached hydrogens (tertiary/aromatic N) is 3. The van der Waals surface area contributed by atoms with Gasteiger partial charge in [0.15, 0.2) is 5.96 Å². The molecule has 2 aliphatic rings. The van der Waals surface area contributed by atoms with Crippen LogP contribution in [-0.4, -0.2) is 74.1 Å². The number of carbonyl (C=O) groups excluding carboxylic acids is 1. The molecule has 1 aliphatic heterocycles. The molecule has 2 rings (SSSR count). The van der Waals surface area contributed by atoms with E-state index in [0.29, 0.717) is 13.2 Å². The predicted octanol–water partition coefficient (Wildman–Crippen LogP) is 0.543. The topological polar surface area (TPSA) is 57.2 Å². The molecule has 0 unspecified atom stereocenters. The van der Waals surface area contributed by atoms with Crippen molar-refractivity contribution in [2.24, 2.45) is 10.9 Å². The molecule has 0 bridgehead atoms. The van der Waals surface area contributed by atoms with Gasteiger partial charge in [0.2, 0.25) is 5.91 Å². The lowest BCUT2D eigenvalue weighted by molar-refractivity contribution is -0.130. The molecule has 1 amide bonds. The largest absolute Gasteiger partial charge is 0.379 e. The average molecular weight is 296 g/mol. The van der Waals surface area contributed by atoms with E-state index >= 15 is 0 Å². The summed E-state index contributed by atoms with van der Waals surface area (Å²) in [5, 5.41) is 3.33. The van der Waals surface area contributed by atoms with Gasteiger partial charge in [0, 0.05) is 46.3 Å². The number of aliphatic imine (C=N–C) groups is 1. The van der Waals surface area contributed by atoms with Gasteiger partial charge in [-0.2, -0.15) is 0 Å². The van der Waals surface area contributed by atoms with E-state index in [1.807, 2.05) is 4.90 Å². The summed E-state index contributed by atoms with van der Waals surface area (Å²) in [5.74, 6) is 1.91. The fourth-order valence-corrected chi connectivity index (χ4v) is 2.41. The van der Waals surface area contributed by atoms with E-state index < -0.39 is 0 Å². The van der Waals surface area contributed by atoms with Gasteiger partial charge >= 0.3 is 0 Å². The molecule has 0 spiro atoms. The van der Waals surface area contributed by atoms with Crippen LogP contribution in [0.3, 0.4) is 0 Å². The predicted molar refractivity (Wildman–Crippen MR) is 83.3 cm³/mol. The molecule has 0 radical (unpaired) electrons. The maximum Gasteiger partial charge on any atom is 0.219 e. The number of hydrogen-bond donors (Lipinski definition) is 1. The summed E-state index contributed by atoms with van der Waals surface area (Å²) in [7, 11) is 0. The summed E-state index contributed by atoms with van der Waals surface area (Å²) in [4.78, 5) is 20.1. The van der Waals surface area contributed by atoms with Crippen LogP contribution in [-0.2, 0) is 9.53 Å². The van der Waals surface area contributed by atoms with E-state index in [1.54, 1.807) is 6.92 Å². The third-order valence-corrected chi connectivity index (χ3v) is 3.91. The van der Waals surface area contributed by atoms with Crippen molar-refractivity contribution in [1.29, 1.82) is 0 Å². The number of carbonyl (C=O) groups is 1. The van der Waals surface area contributed by atoms with E-state index in [2.05, 4.69) is 22.1 Å². The van der Waals surface area contributed by atoms with Crippen LogP contribution in [0.15, 0.2) is 4.99 Å². The number of amides is 1. The monoisotopic (exact) mass is 296 g/mol. The lowest BCUT2D eigenvalue weighted by atomic mass is 10.3. The van der Waals surface area contributed by atoms with Crippen LogP contribution < -0.4 is 5.32 Å². The normalized spacial score (nSPS) is 19.8. The average Bonchev–Trinajstić information content (AvgIpc) is 3.30. The van der Waals surface area contributed by atoms with Crippen molar-refractivity contribution in [3.05, 3.63) is 0 Å². The van der Waals surface area contributed by atoms with Gasteiger partial charge in [0.25, 0.3) is 0 Å². The summed E-state index contributed by atoms with van der Waals surface area (Å²) in [6, 6.07) is 0. The molecular weight excluding hydrogens is 268 g/mol. The van der Waals surface area contributed by atoms with Crippen LogP contribution in [0.1, 0.15) is 26.7 Å². The number of hydrogen-bond acceptors (Lipinski definition) is 3. The fraction of sp³-hybridized carbons (Fsp3) is 0.867. The molecule has 120 valence electrons. The van der Waals surface area contributed by atoms with Crippen LogP contribution in [0.5, 0.6) is 0 Å². The molecule has 0 aromatic carbocycles. The molecule has 0 aromatic heterocycles. The summed E-state index contributed by atoms with van der Waals surface area (Å²) in [5.41, 5.74) is 0. The molecule has 21 heavy (non-hydrogen) atoms. The van der Waals surface area contributed by atoms with Crippen LogP contribution in [0, 0.1) is 5.92 Å². The van der Waals surface area contributed by atoms with E-state index in [1.165, 1.54) is 12.8 Å². The van der Waals surface area contributed by atoms with Crippen molar-refractivity contribution in [3.63, 3.8) is 0 Å². The van der Waals surface area contributed by atoms with E-state index in [-0.39, 0.29) is 5.91 Å². The maximum atomic E-state index is 11.4. The summed E-state index contributed by atoms with van der Waals surface area (Å²) >= 11 is 0. The molecule has 2 fully saturated rings. The fourth-order valence-electron chi connectivity index (χ4n) is 2.41. The van der Waals surface area contributed by atoms with Crippen molar-refractivity contribution in [2.45, 2.75) is 26.7 Å². The Morgan fingerprint density at radius 3 is 2.48 bits per heavy atom. The number of rotatable bonds is 6. The Bertz CT molecular complexity index is 361. The minimum absolute atomic E-state index is 0.157. The molecule has 1 N–H and O–H groups in total. The first-order chi connectivity index (χ1) is 10.2.